The molecule has 1 aliphatic rings. The second-order valence-corrected chi connectivity index (χ2v) is 7.98. The molecule has 4 rings (SSSR count). The van der Waals surface area contributed by atoms with E-state index < -0.39 is 0 Å². The maximum absolute atomic E-state index is 13.7. The number of hydrogen-bond acceptors (Lipinski definition) is 5. The molecule has 1 atom stereocenters. The molecule has 0 N–H and O–H groups in total. The summed E-state index contributed by atoms with van der Waals surface area (Å²) < 4.78 is 5.45. The molecule has 164 valence electrons. The Balaban J connectivity index is 1.73. The maximum atomic E-state index is 13.7. The summed E-state index contributed by atoms with van der Waals surface area (Å²) in [7, 11) is 1.64. The Hall–Kier alpha value is -3.54. The van der Waals surface area contributed by atoms with Crippen LogP contribution in [-0.4, -0.2) is 39.4 Å². The number of nitrogens with zero attached hydrogens (tertiary/aromatic N) is 4. The average Bonchev–Trinajstić information content (AvgIpc) is 2.84. The minimum Gasteiger partial charge on any atom is -0.496 e. The Morgan fingerprint density at radius 1 is 1.25 bits per heavy atom. The highest BCUT2D eigenvalue weighted by Gasteiger charge is 2.32. The van der Waals surface area contributed by atoms with E-state index in [0.717, 1.165) is 47.4 Å². The molecule has 6 heteroatoms. The number of rotatable bonds is 6. The molecule has 3 aromatic rings. The van der Waals surface area contributed by atoms with Crippen molar-refractivity contribution in [3.8, 4) is 16.9 Å². The van der Waals surface area contributed by atoms with Crippen molar-refractivity contribution in [2.75, 3.05) is 13.7 Å². The van der Waals surface area contributed by atoms with E-state index in [1.54, 1.807) is 19.5 Å². The number of piperidine rings is 1. The van der Waals surface area contributed by atoms with E-state index in [0.29, 0.717) is 24.4 Å². The third kappa shape index (κ3) is 4.40. The van der Waals surface area contributed by atoms with Gasteiger partial charge in [-0.15, -0.1) is 6.58 Å². The number of carbonyl (C=O) groups is 1. The molecular weight excluding hydrogens is 400 g/mol. The van der Waals surface area contributed by atoms with E-state index in [9.17, 15) is 4.79 Å². The number of likely N-dealkylation sites (tertiary alicyclic amines) is 1. The normalized spacial score (nSPS) is 15.9. The summed E-state index contributed by atoms with van der Waals surface area (Å²) in [4.78, 5) is 29.0. The van der Waals surface area contributed by atoms with Crippen LogP contribution in [0.2, 0.25) is 0 Å². The van der Waals surface area contributed by atoms with Gasteiger partial charge in [-0.25, -0.2) is 9.97 Å². The van der Waals surface area contributed by atoms with Crippen molar-refractivity contribution in [2.24, 2.45) is 0 Å². The highest BCUT2D eigenvalue weighted by Crippen LogP contribution is 2.36. The van der Waals surface area contributed by atoms with Crippen LogP contribution in [0.3, 0.4) is 0 Å². The number of aromatic nitrogens is 3. The molecule has 1 aliphatic heterocycles. The molecule has 2 aromatic heterocycles. The fourth-order valence-electron chi connectivity index (χ4n) is 4.35. The van der Waals surface area contributed by atoms with Crippen molar-refractivity contribution in [3.63, 3.8) is 0 Å². The molecule has 0 spiro atoms. The van der Waals surface area contributed by atoms with Gasteiger partial charge in [0.05, 0.1) is 18.8 Å². The number of carbonyl (C=O) groups excluding carboxylic acids is 1. The highest BCUT2D eigenvalue weighted by atomic mass is 16.5. The minimum atomic E-state index is -0.105. The lowest BCUT2D eigenvalue weighted by Crippen LogP contribution is -2.39. The maximum Gasteiger partial charge on any atom is 0.254 e. The van der Waals surface area contributed by atoms with Gasteiger partial charge in [-0.05, 0) is 74.1 Å². The predicted molar refractivity (Wildman–Crippen MR) is 125 cm³/mol. The lowest BCUT2D eigenvalue weighted by molar-refractivity contribution is 0.0606. The first kappa shape index (κ1) is 21.7. The number of pyridine rings is 1. The summed E-state index contributed by atoms with van der Waals surface area (Å²) in [6.07, 6.45) is 10.8. The zero-order valence-corrected chi connectivity index (χ0v) is 18.6. The lowest BCUT2D eigenvalue weighted by atomic mass is 9.93. The number of amides is 1. The van der Waals surface area contributed by atoms with E-state index in [-0.39, 0.29) is 11.9 Å². The van der Waals surface area contributed by atoms with Crippen LogP contribution in [0, 0.1) is 6.92 Å². The Bertz CT molecular complexity index is 1110. The summed E-state index contributed by atoms with van der Waals surface area (Å²) in [6.45, 7) is 6.41. The number of allylic oxidation sites excluding steroid dienone is 1. The lowest BCUT2D eigenvalue weighted by Gasteiger charge is -2.36. The SMILES string of the molecule is C=CCc1cc(C(=O)N2CCCCC2c2nc(C)ncc2-c2ccncc2)ccc1OC. The van der Waals surface area contributed by atoms with Crippen molar-refractivity contribution in [3.05, 3.63) is 84.2 Å². The van der Waals surface area contributed by atoms with E-state index >= 15 is 0 Å². The first-order chi connectivity index (χ1) is 15.6. The Labute approximate surface area is 189 Å². The topological polar surface area (TPSA) is 68.2 Å². The zero-order valence-electron chi connectivity index (χ0n) is 18.6. The van der Waals surface area contributed by atoms with E-state index in [1.165, 1.54) is 0 Å². The summed E-state index contributed by atoms with van der Waals surface area (Å²) >= 11 is 0. The summed E-state index contributed by atoms with van der Waals surface area (Å²) in [5.41, 5.74) is 4.47. The van der Waals surface area contributed by atoms with Gasteiger partial charge in [0.1, 0.15) is 11.6 Å². The summed E-state index contributed by atoms with van der Waals surface area (Å²) in [5.74, 6) is 1.48. The monoisotopic (exact) mass is 428 g/mol. The van der Waals surface area contributed by atoms with Crippen molar-refractivity contribution < 1.29 is 9.53 Å². The van der Waals surface area contributed by atoms with Crippen molar-refractivity contribution in [1.82, 2.24) is 19.9 Å². The van der Waals surface area contributed by atoms with Crippen molar-refractivity contribution in [1.29, 1.82) is 0 Å². The fourth-order valence-corrected chi connectivity index (χ4v) is 4.35. The third-order valence-electron chi connectivity index (χ3n) is 5.90. The molecule has 0 radical (unpaired) electrons. The minimum absolute atomic E-state index is 0.0135. The molecule has 32 heavy (non-hydrogen) atoms. The van der Waals surface area contributed by atoms with Crippen LogP contribution in [0.15, 0.2) is 61.6 Å². The van der Waals surface area contributed by atoms with E-state index in [4.69, 9.17) is 9.72 Å². The number of aryl methyl sites for hydroxylation is 1. The first-order valence-electron chi connectivity index (χ1n) is 10.9. The van der Waals surface area contributed by atoms with Crippen LogP contribution in [0.5, 0.6) is 5.75 Å². The molecule has 0 bridgehead atoms. The summed E-state index contributed by atoms with van der Waals surface area (Å²) in [5, 5.41) is 0. The highest BCUT2D eigenvalue weighted by molar-refractivity contribution is 5.95. The summed E-state index contributed by atoms with van der Waals surface area (Å²) in [6, 6.07) is 9.43. The molecule has 1 unspecified atom stereocenters. The van der Waals surface area contributed by atoms with Crippen LogP contribution < -0.4 is 4.74 Å². The largest absolute Gasteiger partial charge is 0.496 e. The smallest absolute Gasteiger partial charge is 0.254 e. The second-order valence-electron chi connectivity index (χ2n) is 7.98. The number of benzene rings is 1. The number of methoxy groups -OCH3 is 1. The van der Waals surface area contributed by atoms with Gasteiger partial charge < -0.3 is 9.64 Å². The quantitative estimate of drug-likeness (QED) is 0.520. The molecule has 0 aliphatic carbocycles. The predicted octanol–water partition coefficient (Wildman–Crippen LogP) is 4.95. The average molecular weight is 429 g/mol. The molecular formula is C26H28N4O2. The van der Waals surface area contributed by atoms with Gasteiger partial charge in [0.25, 0.3) is 5.91 Å². The van der Waals surface area contributed by atoms with Gasteiger partial charge in [0.2, 0.25) is 0 Å². The first-order valence-corrected chi connectivity index (χ1v) is 10.9. The van der Waals surface area contributed by atoms with Crippen LogP contribution in [0.1, 0.15) is 52.7 Å². The van der Waals surface area contributed by atoms with E-state index in [2.05, 4.69) is 16.5 Å². The van der Waals surface area contributed by atoms with Crippen LogP contribution in [0.25, 0.3) is 11.1 Å². The molecule has 1 aromatic carbocycles. The second kappa shape index (κ2) is 9.73. The van der Waals surface area contributed by atoms with Crippen LogP contribution in [0.4, 0.5) is 0 Å². The van der Waals surface area contributed by atoms with Gasteiger partial charge in [-0.1, -0.05) is 6.08 Å². The van der Waals surface area contributed by atoms with Gasteiger partial charge in [-0.2, -0.15) is 0 Å². The molecule has 0 saturated carbocycles. The Morgan fingerprint density at radius 2 is 2.06 bits per heavy atom. The fraction of sp³-hybridized carbons (Fsp3) is 0.308. The standard InChI is InChI=1S/C26H28N4O2/c1-4-7-20-16-21(9-10-24(20)32-3)26(31)30-15-6-5-8-23(30)25-22(17-28-18(2)29-25)19-11-13-27-14-12-19/h4,9-14,16-17,23H,1,5-8,15H2,2-3H3. The molecule has 1 amide bonds. The molecule has 1 fully saturated rings. The van der Waals surface area contributed by atoms with Crippen molar-refractivity contribution >= 4 is 5.91 Å². The van der Waals surface area contributed by atoms with Gasteiger partial charge in [0.15, 0.2) is 0 Å². The van der Waals surface area contributed by atoms with Crippen LogP contribution >= 0.6 is 0 Å². The van der Waals surface area contributed by atoms with E-state index in [1.807, 2.05) is 54.4 Å². The molecule has 1 saturated heterocycles. The van der Waals surface area contributed by atoms with Gasteiger partial charge in [0, 0.05) is 36.3 Å². The van der Waals surface area contributed by atoms with Crippen molar-refractivity contribution in [2.45, 2.75) is 38.6 Å². The zero-order chi connectivity index (χ0) is 22.5. The molecule has 6 nitrogen and oxygen atoms in total. The van der Waals surface area contributed by atoms with Gasteiger partial charge in [-0.3, -0.25) is 9.78 Å². The third-order valence-corrected chi connectivity index (χ3v) is 5.90. The number of hydrogen-bond donors (Lipinski definition) is 0. The Morgan fingerprint density at radius 3 is 2.81 bits per heavy atom. The molecule has 3 heterocycles. The Kier molecular flexibility index (Phi) is 6.59. The number of ether oxygens (including phenoxy) is 1. The van der Waals surface area contributed by atoms with Gasteiger partial charge >= 0.3 is 0 Å². The van der Waals surface area contributed by atoms with Crippen LogP contribution in [-0.2, 0) is 6.42 Å².